The molecule has 0 aliphatic heterocycles. The zero-order chi connectivity index (χ0) is 19.0. The van der Waals surface area contributed by atoms with Gasteiger partial charge >= 0.3 is 124 Å². The zero-order valence-electron chi connectivity index (χ0n) is 15.3. The summed E-state index contributed by atoms with van der Waals surface area (Å²) in [5, 5.41) is 0. The van der Waals surface area contributed by atoms with Crippen LogP contribution in [-0.2, 0) is 19.9 Å². The fourth-order valence-electron chi connectivity index (χ4n) is 2.08. The fraction of sp³-hybridized carbons (Fsp3) is 0.812. The Morgan fingerprint density at radius 3 is 1.79 bits per heavy atom. The molecule has 1 unspecified atom stereocenters. The third-order valence-electron chi connectivity index (χ3n) is 3.37. The van der Waals surface area contributed by atoms with Crippen molar-refractivity contribution in [3.8, 4) is 0 Å². The summed E-state index contributed by atoms with van der Waals surface area (Å²) in [5.74, 6) is -0.258. The Morgan fingerprint density at radius 1 is 1.04 bits per heavy atom. The van der Waals surface area contributed by atoms with Crippen LogP contribution in [0.25, 0.3) is 0 Å². The van der Waals surface area contributed by atoms with Gasteiger partial charge < -0.3 is 0 Å². The summed E-state index contributed by atoms with van der Waals surface area (Å²) in [5.41, 5.74) is 0.488. The smallest absolute Gasteiger partial charge is 0.264 e. The van der Waals surface area contributed by atoms with Gasteiger partial charge in [-0.05, 0) is 6.92 Å². The number of rotatable bonds is 12. The van der Waals surface area contributed by atoms with Crippen LogP contribution in [0.2, 0.25) is 3.67 Å². The Labute approximate surface area is 164 Å². The van der Waals surface area contributed by atoms with Crippen molar-refractivity contribution < 1.29 is 27.1 Å². The van der Waals surface area contributed by atoms with Gasteiger partial charge in [-0.1, -0.05) is 6.58 Å². The summed E-state index contributed by atoms with van der Waals surface area (Å²) in [7, 11) is -4.67. The van der Waals surface area contributed by atoms with E-state index in [1.807, 2.05) is 6.92 Å². The first kappa shape index (κ1) is 26.3. The predicted octanol–water partition coefficient (Wildman–Crippen LogP) is 3.94. The van der Waals surface area contributed by atoms with Gasteiger partial charge in [0.2, 0.25) is 0 Å². The predicted molar refractivity (Wildman–Crippen MR) is 96.7 cm³/mol. The molecule has 0 aromatic carbocycles. The summed E-state index contributed by atoms with van der Waals surface area (Å²) in [6.07, 6.45) is 11.8. The Morgan fingerprint density at radius 2 is 1.42 bits per heavy atom. The normalized spacial score (nSPS) is 12.1. The maximum Gasteiger partial charge on any atom is 0.394 e. The van der Waals surface area contributed by atoms with Crippen molar-refractivity contribution in [3.05, 3.63) is 12.2 Å². The van der Waals surface area contributed by atoms with E-state index in [-0.39, 0.29) is 12.1 Å². The molecule has 0 bridgehead atoms. The first-order valence-electron chi connectivity index (χ1n) is 8.64. The molecule has 24 heavy (non-hydrogen) atoms. The van der Waals surface area contributed by atoms with Gasteiger partial charge in [-0.2, -0.15) is 8.42 Å². The topological polar surface area (TPSA) is 101 Å². The van der Waals surface area contributed by atoms with E-state index in [1.54, 1.807) is 6.92 Å². The van der Waals surface area contributed by atoms with Gasteiger partial charge in [0.15, 0.2) is 0 Å². The largest absolute Gasteiger partial charge is 0.394 e. The molecule has 0 aromatic rings. The maximum absolute atomic E-state index is 11.3. The molecule has 0 aliphatic carbocycles. The van der Waals surface area contributed by atoms with E-state index in [4.69, 9.17) is 22.3 Å². The van der Waals surface area contributed by atoms with Crippen LogP contribution in [0.15, 0.2) is 12.2 Å². The average Bonchev–Trinajstić information content (AvgIpc) is 2.43. The van der Waals surface area contributed by atoms with Crippen molar-refractivity contribution in [2.24, 2.45) is 0 Å². The van der Waals surface area contributed by atoms with E-state index in [2.05, 4.69) is 6.58 Å². The number of hydrogen-bond donors (Lipinski definition) is 2. The minimum Gasteiger partial charge on any atom is -0.264 e. The SMILES string of the molecule is C=C(C)C(=O)OC(C)CCCCCCCCC[CH2][Na].O=S(=O)(O)O. The van der Waals surface area contributed by atoms with Crippen molar-refractivity contribution in [2.75, 3.05) is 0 Å². The Balaban J connectivity index is 0. The molecule has 6 nitrogen and oxygen atoms in total. The minimum absolute atomic E-state index is 0.0259. The van der Waals surface area contributed by atoms with E-state index in [0.29, 0.717) is 5.57 Å². The third kappa shape index (κ3) is 27.0. The summed E-state index contributed by atoms with van der Waals surface area (Å²) in [6, 6.07) is 0. The van der Waals surface area contributed by atoms with E-state index in [1.165, 1.54) is 76.5 Å². The number of hydrogen-bond acceptors (Lipinski definition) is 4. The van der Waals surface area contributed by atoms with Crippen molar-refractivity contribution in [1.82, 2.24) is 0 Å². The van der Waals surface area contributed by atoms with Crippen LogP contribution in [0.5, 0.6) is 0 Å². The number of esters is 1. The first-order valence-corrected chi connectivity index (χ1v) is 11.4. The molecule has 0 saturated heterocycles. The fourth-order valence-corrected chi connectivity index (χ4v) is 2.58. The molecule has 0 fully saturated rings. The molecule has 1 atom stereocenters. The van der Waals surface area contributed by atoms with Gasteiger partial charge in [-0.25, -0.2) is 4.79 Å². The van der Waals surface area contributed by atoms with Crippen molar-refractivity contribution in [2.45, 2.75) is 81.4 Å². The van der Waals surface area contributed by atoms with Crippen LogP contribution >= 0.6 is 0 Å². The molecule has 0 aromatic heterocycles. The van der Waals surface area contributed by atoms with Gasteiger partial charge in [0, 0.05) is 5.57 Å². The molecule has 0 saturated carbocycles. The van der Waals surface area contributed by atoms with Gasteiger partial charge in [-0.3, -0.25) is 9.11 Å². The number of carbonyl (C=O) groups excluding carboxylic acids is 1. The van der Waals surface area contributed by atoms with E-state index < -0.39 is 10.4 Å². The van der Waals surface area contributed by atoms with Crippen LogP contribution in [-0.4, -0.2) is 57.5 Å². The maximum atomic E-state index is 11.3. The van der Waals surface area contributed by atoms with Crippen LogP contribution in [0, 0.1) is 0 Å². The summed E-state index contributed by atoms with van der Waals surface area (Å²) in [4.78, 5) is 11.3. The molecular weight excluding hydrogens is 343 g/mol. The molecule has 8 heteroatoms. The van der Waals surface area contributed by atoms with Gasteiger partial charge in [-0.15, -0.1) is 0 Å². The van der Waals surface area contributed by atoms with E-state index in [0.717, 1.165) is 12.8 Å². The molecule has 0 heterocycles. The number of carbonyl (C=O) groups is 1. The molecule has 0 aliphatic rings. The quantitative estimate of drug-likeness (QED) is 0.176. The summed E-state index contributed by atoms with van der Waals surface area (Å²) in [6.45, 7) is 7.24. The zero-order valence-corrected chi connectivity index (χ0v) is 18.1. The Bertz CT molecular complexity index is 428. The molecule has 0 amide bonds. The summed E-state index contributed by atoms with van der Waals surface area (Å²) >= 11 is 1.36. The monoisotopic (exact) mass is 374 g/mol. The Kier molecular flexibility index (Phi) is 18.1. The van der Waals surface area contributed by atoms with Gasteiger partial charge in [0.05, 0.1) is 0 Å². The Hall–Kier alpha value is 0.0800. The standard InChI is InChI=1S/C16H29O2.Na.H2O4S/c1-5-6-7-8-9-10-11-12-13-15(4)18-16(17)14(2)3;;1-5(2,3)4/h15H,1-2,5-13H2,3-4H3;;(H2,1,2,3,4). The molecule has 0 radical (unpaired) electrons. The second kappa shape index (κ2) is 16.5. The van der Waals surface area contributed by atoms with Crippen LogP contribution in [0.4, 0.5) is 0 Å². The van der Waals surface area contributed by atoms with Gasteiger partial charge in [0.25, 0.3) is 0 Å². The number of unbranched alkanes of at least 4 members (excludes halogenated alkanes) is 7. The second-order valence-electron chi connectivity index (χ2n) is 6.06. The van der Waals surface area contributed by atoms with Crippen molar-refractivity contribution >= 4 is 44.3 Å². The van der Waals surface area contributed by atoms with E-state index >= 15 is 0 Å². The molecule has 0 rings (SSSR count). The first-order chi connectivity index (χ1) is 11.1. The summed E-state index contributed by atoms with van der Waals surface area (Å²) < 4.78 is 38.3. The van der Waals surface area contributed by atoms with Crippen molar-refractivity contribution in [3.63, 3.8) is 0 Å². The minimum atomic E-state index is -4.67. The molecular formula is C16H31NaO6S. The van der Waals surface area contributed by atoms with E-state index in [9.17, 15) is 4.79 Å². The average molecular weight is 374 g/mol. The number of ether oxygens (including phenoxy) is 1. The van der Waals surface area contributed by atoms with Gasteiger partial charge in [0.1, 0.15) is 0 Å². The second-order valence-corrected chi connectivity index (χ2v) is 7.96. The van der Waals surface area contributed by atoms with Crippen LogP contribution in [0.1, 0.15) is 71.6 Å². The van der Waals surface area contributed by atoms with Crippen LogP contribution in [0.3, 0.4) is 0 Å². The molecule has 2 N–H and O–H groups in total. The van der Waals surface area contributed by atoms with Crippen LogP contribution < -0.4 is 0 Å². The third-order valence-corrected chi connectivity index (χ3v) is 4.08. The molecule has 0 spiro atoms. The molecule has 138 valence electrons. The van der Waals surface area contributed by atoms with Crippen molar-refractivity contribution in [1.29, 1.82) is 0 Å².